The lowest BCUT2D eigenvalue weighted by atomic mass is 10.2. The SMILES string of the molecule is Cn1c(=O)c2ccsc2n2cnc(C3N=C(C(=O)OC(C)(C)C)ON3CN)c2c1=O. The Morgan fingerprint density at radius 2 is 2.07 bits per heavy atom. The summed E-state index contributed by atoms with van der Waals surface area (Å²) in [6.07, 6.45) is 0.489. The van der Waals surface area contributed by atoms with Crippen LogP contribution in [-0.4, -0.2) is 43.2 Å². The van der Waals surface area contributed by atoms with Gasteiger partial charge in [-0.2, -0.15) is 0 Å². The number of hydroxylamine groups is 2. The van der Waals surface area contributed by atoms with Crippen LogP contribution in [0.3, 0.4) is 0 Å². The average Bonchev–Trinajstić information content (AvgIpc) is 3.39. The predicted molar refractivity (Wildman–Crippen MR) is 110 cm³/mol. The smallest absolute Gasteiger partial charge is 0.396 e. The molecule has 1 atom stereocenters. The maximum atomic E-state index is 13.1. The van der Waals surface area contributed by atoms with E-state index >= 15 is 0 Å². The number of fused-ring (bicyclic) bond motifs is 3. The van der Waals surface area contributed by atoms with Gasteiger partial charge in [-0.15, -0.1) is 11.3 Å². The van der Waals surface area contributed by atoms with E-state index in [0.717, 1.165) is 4.57 Å². The molecule has 0 radical (unpaired) electrons. The van der Waals surface area contributed by atoms with Crippen LogP contribution >= 0.6 is 11.3 Å². The summed E-state index contributed by atoms with van der Waals surface area (Å²) in [5.74, 6) is -1.04. The second-order valence-corrected chi connectivity index (χ2v) is 8.55. The third-order valence-electron chi connectivity index (χ3n) is 4.42. The van der Waals surface area contributed by atoms with Gasteiger partial charge in [0.2, 0.25) is 0 Å². The van der Waals surface area contributed by atoms with Crippen LogP contribution in [-0.2, 0) is 21.4 Å². The van der Waals surface area contributed by atoms with Gasteiger partial charge in [-0.3, -0.25) is 18.6 Å². The standard InChI is InChI=1S/C18H20N6O5S/c1-18(2,3)28-17(27)13-21-12(24(7-19)29-13)10-11-15(26)22(4)14(25)9-5-6-30-16(9)23(11)8-20-10/h5-6,8,12H,7,19H2,1-4H3. The minimum atomic E-state index is -0.956. The van der Waals surface area contributed by atoms with Crippen LogP contribution in [0.1, 0.15) is 32.6 Å². The molecule has 11 nitrogen and oxygen atoms in total. The molecule has 1 aliphatic heterocycles. The first kappa shape index (κ1) is 20.2. The van der Waals surface area contributed by atoms with E-state index in [1.54, 1.807) is 36.6 Å². The normalized spacial score (nSPS) is 17.4. The molecule has 3 aromatic rings. The summed E-state index contributed by atoms with van der Waals surface area (Å²) in [6.45, 7) is 5.04. The Labute approximate surface area is 173 Å². The summed E-state index contributed by atoms with van der Waals surface area (Å²) >= 11 is 1.31. The Morgan fingerprint density at radius 1 is 1.33 bits per heavy atom. The van der Waals surface area contributed by atoms with Gasteiger partial charge in [-0.25, -0.2) is 14.8 Å². The predicted octanol–water partition coefficient (Wildman–Crippen LogP) is 0.510. The highest BCUT2D eigenvalue weighted by Gasteiger charge is 2.38. The van der Waals surface area contributed by atoms with E-state index in [9.17, 15) is 14.4 Å². The molecule has 0 saturated carbocycles. The molecule has 4 rings (SSSR count). The van der Waals surface area contributed by atoms with Crippen LogP contribution in [0.2, 0.25) is 0 Å². The highest BCUT2D eigenvalue weighted by molar-refractivity contribution is 7.16. The van der Waals surface area contributed by atoms with Crippen molar-refractivity contribution in [3.63, 3.8) is 0 Å². The van der Waals surface area contributed by atoms with Crippen molar-refractivity contribution < 1.29 is 14.4 Å². The monoisotopic (exact) mass is 432 g/mol. The number of ether oxygens (including phenoxy) is 1. The number of aliphatic imine (C=N–C) groups is 1. The van der Waals surface area contributed by atoms with E-state index in [1.807, 2.05) is 0 Å². The Morgan fingerprint density at radius 3 is 2.73 bits per heavy atom. The van der Waals surface area contributed by atoms with Crippen LogP contribution in [0.25, 0.3) is 15.7 Å². The molecule has 0 spiro atoms. The Hall–Kier alpha value is -3.09. The molecule has 4 heterocycles. The second-order valence-electron chi connectivity index (χ2n) is 7.66. The zero-order valence-corrected chi connectivity index (χ0v) is 17.6. The molecule has 2 N–H and O–H groups in total. The lowest BCUT2D eigenvalue weighted by molar-refractivity contribution is -0.152. The van der Waals surface area contributed by atoms with E-state index in [4.69, 9.17) is 15.3 Å². The number of nitrogens with zero attached hydrogens (tertiary/aromatic N) is 5. The molecular weight excluding hydrogens is 412 g/mol. The van der Waals surface area contributed by atoms with E-state index in [1.165, 1.54) is 29.8 Å². The first-order chi connectivity index (χ1) is 14.1. The molecule has 1 unspecified atom stereocenters. The Kier molecular flexibility index (Phi) is 4.71. The molecule has 3 aromatic heterocycles. The fraction of sp³-hybridized carbons (Fsp3) is 0.389. The number of aromatic nitrogens is 3. The van der Waals surface area contributed by atoms with Crippen LogP contribution in [0.4, 0.5) is 0 Å². The number of esters is 1. The minimum absolute atomic E-state index is 0.125. The van der Waals surface area contributed by atoms with E-state index in [2.05, 4.69) is 9.98 Å². The van der Waals surface area contributed by atoms with E-state index in [0.29, 0.717) is 10.2 Å². The van der Waals surface area contributed by atoms with Crippen molar-refractivity contribution in [2.24, 2.45) is 17.8 Å². The van der Waals surface area contributed by atoms with Gasteiger partial charge in [0.1, 0.15) is 28.0 Å². The molecule has 0 aromatic carbocycles. The fourth-order valence-electron chi connectivity index (χ4n) is 3.11. The van der Waals surface area contributed by atoms with Crippen LogP contribution < -0.4 is 16.9 Å². The average molecular weight is 432 g/mol. The molecule has 0 aliphatic carbocycles. The zero-order chi connectivity index (χ0) is 21.8. The molecule has 30 heavy (non-hydrogen) atoms. The maximum absolute atomic E-state index is 13.1. The number of imidazole rings is 1. The van der Waals surface area contributed by atoms with Crippen molar-refractivity contribution in [2.75, 3.05) is 6.67 Å². The van der Waals surface area contributed by atoms with Crippen molar-refractivity contribution in [2.45, 2.75) is 32.5 Å². The van der Waals surface area contributed by atoms with Gasteiger partial charge in [0.05, 0.1) is 12.1 Å². The summed E-state index contributed by atoms with van der Waals surface area (Å²) in [5.41, 5.74) is 4.42. The summed E-state index contributed by atoms with van der Waals surface area (Å²) in [7, 11) is 1.40. The molecule has 12 heteroatoms. The third-order valence-corrected chi connectivity index (χ3v) is 5.33. The van der Waals surface area contributed by atoms with Crippen molar-refractivity contribution >= 4 is 38.9 Å². The highest BCUT2D eigenvalue weighted by Crippen LogP contribution is 2.30. The largest absolute Gasteiger partial charge is 0.453 e. The van der Waals surface area contributed by atoms with Gasteiger partial charge in [-0.05, 0) is 32.2 Å². The summed E-state index contributed by atoms with van der Waals surface area (Å²) in [4.78, 5) is 52.7. The molecule has 0 amide bonds. The summed E-state index contributed by atoms with van der Waals surface area (Å²) in [6, 6.07) is 1.66. The lowest BCUT2D eigenvalue weighted by Gasteiger charge is -2.20. The number of hydrogen-bond donors (Lipinski definition) is 1. The molecule has 1 aliphatic rings. The lowest BCUT2D eigenvalue weighted by Crippen LogP contribution is -2.34. The van der Waals surface area contributed by atoms with Gasteiger partial charge in [0.25, 0.3) is 11.1 Å². The van der Waals surface area contributed by atoms with Gasteiger partial charge >= 0.3 is 11.9 Å². The van der Waals surface area contributed by atoms with Crippen molar-refractivity contribution in [1.29, 1.82) is 0 Å². The van der Waals surface area contributed by atoms with Gasteiger partial charge in [0, 0.05) is 7.05 Å². The van der Waals surface area contributed by atoms with Crippen molar-refractivity contribution in [3.8, 4) is 0 Å². The number of carbonyl (C=O) groups is 1. The quantitative estimate of drug-likeness (QED) is 0.592. The highest BCUT2D eigenvalue weighted by atomic mass is 32.1. The third kappa shape index (κ3) is 3.18. The van der Waals surface area contributed by atoms with Gasteiger partial charge < -0.3 is 15.3 Å². The molecule has 0 bridgehead atoms. The fourth-order valence-corrected chi connectivity index (χ4v) is 3.97. The first-order valence-electron chi connectivity index (χ1n) is 9.05. The molecular formula is C18H20N6O5S. The maximum Gasteiger partial charge on any atom is 0.396 e. The molecule has 158 valence electrons. The zero-order valence-electron chi connectivity index (χ0n) is 16.8. The topological polar surface area (TPSA) is 134 Å². The van der Waals surface area contributed by atoms with Crippen molar-refractivity contribution in [3.05, 3.63) is 44.2 Å². The first-order valence-corrected chi connectivity index (χ1v) is 9.93. The number of rotatable bonds is 3. The van der Waals surface area contributed by atoms with Crippen LogP contribution in [0.5, 0.6) is 0 Å². The Bertz CT molecular complexity index is 1310. The van der Waals surface area contributed by atoms with E-state index < -0.39 is 28.9 Å². The number of carbonyl (C=O) groups excluding carboxylic acids is 1. The van der Waals surface area contributed by atoms with Crippen LogP contribution in [0, 0.1) is 0 Å². The molecule has 0 fully saturated rings. The van der Waals surface area contributed by atoms with E-state index in [-0.39, 0.29) is 23.8 Å². The van der Waals surface area contributed by atoms with Gasteiger partial charge in [-0.1, -0.05) is 5.06 Å². The van der Waals surface area contributed by atoms with Crippen molar-refractivity contribution in [1.82, 2.24) is 19.0 Å². The minimum Gasteiger partial charge on any atom is -0.453 e. The number of hydrogen-bond acceptors (Lipinski definition) is 10. The number of nitrogens with two attached hydrogens (primary N) is 1. The number of thiophene rings is 1. The summed E-state index contributed by atoms with van der Waals surface area (Å²) < 4.78 is 7.87. The second kappa shape index (κ2) is 7.00. The summed E-state index contributed by atoms with van der Waals surface area (Å²) in [5, 5.41) is 3.38. The molecule has 0 saturated heterocycles. The van der Waals surface area contributed by atoms with Gasteiger partial charge in [0.15, 0.2) is 6.17 Å². The Balaban J connectivity index is 1.92. The van der Waals surface area contributed by atoms with Crippen LogP contribution in [0.15, 0.2) is 32.4 Å².